The molecule has 3 fully saturated rings. The molecule has 0 bridgehead atoms. The monoisotopic (exact) mass is 486 g/mol. The highest BCUT2D eigenvalue weighted by atomic mass is 16.7. The van der Waals surface area contributed by atoms with Gasteiger partial charge in [0.25, 0.3) is 0 Å². The summed E-state index contributed by atoms with van der Waals surface area (Å²) in [6.07, 6.45) is 4.35. The van der Waals surface area contributed by atoms with Gasteiger partial charge in [-0.3, -0.25) is 0 Å². The van der Waals surface area contributed by atoms with Crippen LogP contribution in [0.1, 0.15) is 54.4 Å². The van der Waals surface area contributed by atoms with Crippen LogP contribution in [-0.4, -0.2) is 58.2 Å². The van der Waals surface area contributed by atoms with Crippen molar-refractivity contribution in [1.29, 1.82) is 0 Å². The van der Waals surface area contributed by atoms with Gasteiger partial charge in [-0.2, -0.15) is 0 Å². The molecule has 1 aliphatic carbocycles. The number of aromatic hydroxyl groups is 2. The van der Waals surface area contributed by atoms with Crippen LogP contribution in [-0.2, 0) is 32.5 Å². The Labute approximate surface area is 202 Å². The smallest absolute Gasteiger partial charge is 0.508 e. The molecule has 1 saturated carbocycles. The molecule has 4 N–H and O–H groups in total. The number of epoxide rings is 2. The minimum atomic E-state index is -1.81. The van der Waals surface area contributed by atoms with E-state index >= 15 is 0 Å². The largest absolute Gasteiger partial charge is 0.516 e. The van der Waals surface area contributed by atoms with Crippen LogP contribution in [0.4, 0.5) is 9.59 Å². The number of phenols is 2. The van der Waals surface area contributed by atoms with Crippen molar-refractivity contribution >= 4 is 12.3 Å². The first kappa shape index (κ1) is 24.8. The van der Waals surface area contributed by atoms with E-state index in [1.165, 1.54) is 36.0 Å². The summed E-state index contributed by atoms with van der Waals surface area (Å²) in [5.74, 6) is 0.685. The van der Waals surface area contributed by atoms with Crippen LogP contribution in [0.3, 0.4) is 0 Å². The van der Waals surface area contributed by atoms with E-state index < -0.39 is 12.3 Å². The quantitative estimate of drug-likeness (QED) is 0.261. The second kappa shape index (κ2) is 10.5. The lowest BCUT2D eigenvalue weighted by atomic mass is 9.63. The van der Waals surface area contributed by atoms with E-state index in [1.54, 1.807) is 12.1 Å². The van der Waals surface area contributed by atoms with Gasteiger partial charge in [-0.1, -0.05) is 37.5 Å². The fourth-order valence-electron chi connectivity index (χ4n) is 5.14. The number of phenolic OH excluding ortho intramolecular Hbond substituents is 2. The van der Waals surface area contributed by atoms with Crippen molar-refractivity contribution in [2.24, 2.45) is 0 Å². The molecule has 9 nitrogen and oxygen atoms in total. The molecule has 0 aromatic heterocycles. The predicted octanol–water partition coefficient (Wildman–Crippen LogP) is 4.59. The Hall–Kier alpha value is -3.30. The van der Waals surface area contributed by atoms with Crippen LogP contribution in [0, 0.1) is 0 Å². The summed E-state index contributed by atoms with van der Waals surface area (Å²) in [5.41, 5.74) is 4.83. The lowest BCUT2D eigenvalue weighted by Gasteiger charge is -2.40. The van der Waals surface area contributed by atoms with Gasteiger partial charge in [0.05, 0.1) is 25.4 Å². The van der Waals surface area contributed by atoms with E-state index in [0.717, 1.165) is 44.5 Å². The van der Waals surface area contributed by atoms with E-state index in [4.69, 9.17) is 19.7 Å². The Morgan fingerprint density at radius 2 is 1.37 bits per heavy atom. The molecule has 0 radical (unpaired) electrons. The summed E-state index contributed by atoms with van der Waals surface area (Å²) in [4.78, 5) is 18.4. The first-order valence-corrected chi connectivity index (χ1v) is 11.8. The van der Waals surface area contributed by atoms with E-state index in [1.807, 2.05) is 6.07 Å². The molecule has 9 heteroatoms. The zero-order chi connectivity index (χ0) is 25.0. The van der Waals surface area contributed by atoms with Crippen LogP contribution in [0.2, 0.25) is 0 Å². The van der Waals surface area contributed by atoms with Gasteiger partial charge in [-0.05, 0) is 47.7 Å². The summed E-state index contributed by atoms with van der Waals surface area (Å²) in [7, 11) is 0. The molecule has 0 spiro atoms. The molecule has 2 saturated heterocycles. The zero-order valence-electron chi connectivity index (χ0n) is 19.3. The van der Waals surface area contributed by atoms with Crippen LogP contribution < -0.4 is 0 Å². The Morgan fingerprint density at radius 3 is 1.86 bits per heavy atom. The van der Waals surface area contributed by atoms with Gasteiger partial charge in [0.1, 0.15) is 11.5 Å². The van der Waals surface area contributed by atoms with E-state index in [0.29, 0.717) is 11.5 Å². The van der Waals surface area contributed by atoms with Crippen molar-refractivity contribution in [3.05, 3.63) is 58.7 Å². The van der Waals surface area contributed by atoms with Gasteiger partial charge in [0.15, 0.2) is 0 Å². The normalized spacial score (nSPS) is 21.8. The minimum Gasteiger partial charge on any atom is -0.508 e. The van der Waals surface area contributed by atoms with Gasteiger partial charge >= 0.3 is 12.3 Å². The van der Waals surface area contributed by atoms with Crippen molar-refractivity contribution in [3.63, 3.8) is 0 Å². The third kappa shape index (κ3) is 6.23. The average molecular weight is 487 g/mol. The number of ether oxygens (including phenoxy) is 3. The SMILES string of the molecule is O=C(O)OC(=O)O.Oc1ccc(C2(c3ccc(O)c(CC4CO4)c3CC3CO3)CCCCC2)cc1. The molecule has 35 heavy (non-hydrogen) atoms. The molecular weight excluding hydrogens is 456 g/mol. The minimum absolute atomic E-state index is 0.0664. The average Bonchev–Trinajstić information content (AvgIpc) is 3.73. The predicted molar refractivity (Wildman–Crippen MR) is 124 cm³/mol. The summed E-state index contributed by atoms with van der Waals surface area (Å²) < 4.78 is 14.1. The zero-order valence-corrected chi connectivity index (χ0v) is 19.3. The Bertz CT molecular complexity index is 1040. The molecule has 2 aliphatic heterocycles. The summed E-state index contributed by atoms with van der Waals surface area (Å²) in [6.45, 7) is 1.59. The second-order valence-corrected chi connectivity index (χ2v) is 9.23. The first-order valence-electron chi connectivity index (χ1n) is 11.8. The molecule has 188 valence electrons. The maximum atomic E-state index is 10.7. The van der Waals surface area contributed by atoms with E-state index in [9.17, 15) is 19.8 Å². The highest BCUT2D eigenvalue weighted by Gasteiger charge is 2.40. The number of rotatable bonds is 6. The number of hydrogen-bond donors (Lipinski definition) is 4. The topological polar surface area (TPSA) is 149 Å². The highest BCUT2D eigenvalue weighted by Crippen LogP contribution is 2.48. The Morgan fingerprint density at radius 1 is 0.829 bits per heavy atom. The third-order valence-corrected chi connectivity index (χ3v) is 6.89. The molecule has 2 unspecified atom stereocenters. The fraction of sp³-hybridized carbons (Fsp3) is 0.462. The molecule has 2 atom stereocenters. The van der Waals surface area contributed by atoms with Gasteiger partial charge in [0.2, 0.25) is 0 Å². The van der Waals surface area contributed by atoms with Crippen molar-refractivity contribution in [3.8, 4) is 11.5 Å². The van der Waals surface area contributed by atoms with Crippen molar-refractivity contribution in [2.45, 2.75) is 62.6 Å². The molecule has 2 heterocycles. The lowest BCUT2D eigenvalue weighted by molar-refractivity contribution is 0.0801. The van der Waals surface area contributed by atoms with Crippen molar-refractivity contribution in [2.75, 3.05) is 13.2 Å². The molecule has 2 aromatic rings. The third-order valence-electron chi connectivity index (χ3n) is 6.89. The molecular formula is C26H30O9. The van der Waals surface area contributed by atoms with E-state index in [2.05, 4.69) is 22.9 Å². The maximum absolute atomic E-state index is 10.7. The number of hydrogen-bond acceptors (Lipinski definition) is 7. The van der Waals surface area contributed by atoms with Crippen LogP contribution in [0.5, 0.6) is 11.5 Å². The number of carboxylic acid groups (broad SMARTS) is 2. The number of benzene rings is 2. The van der Waals surface area contributed by atoms with Crippen molar-refractivity contribution < 1.29 is 44.2 Å². The van der Waals surface area contributed by atoms with Crippen LogP contribution >= 0.6 is 0 Å². The summed E-state index contributed by atoms with van der Waals surface area (Å²) in [5, 5.41) is 35.5. The number of carbonyl (C=O) groups is 2. The van der Waals surface area contributed by atoms with Gasteiger partial charge in [-0.25, -0.2) is 9.59 Å². The highest BCUT2D eigenvalue weighted by molar-refractivity contribution is 5.74. The summed E-state index contributed by atoms with van der Waals surface area (Å²) in [6, 6.07) is 11.8. The molecule has 2 aromatic carbocycles. The van der Waals surface area contributed by atoms with E-state index in [-0.39, 0.29) is 17.6 Å². The molecule has 3 aliphatic rings. The first-order chi connectivity index (χ1) is 16.8. The van der Waals surface area contributed by atoms with Gasteiger partial charge in [0, 0.05) is 23.8 Å². The maximum Gasteiger partial charge on any atom is 0.516 e. The lowest BCUT2D eigenvalue weighted by Crippen LogP contribution is -2.32. The van der Waals surface area contributed by atoms with Gasteiger partial charge < -0.3 is 34.6 Å². The second-order valence-electron chi connectivity index (χ2n) is 9.23. The van der Waals surface area contributed by atoms with Gasteiger partial charge in [-0.15, -0.1) is 0 Å². The molecule has 0 amide bonds. The molecule has 5 rings (SSSR count). The summed E-state index contributed by atoms with van der Waals surface area (Å²) >= 11 is 0. The Balaban J connectivity index is 0.000000364. The Kier molecular flexibility index (Phi) is 7.47. The van der Waals surface area contributed by atoms with Crippen molar-refractivity contribution in [1.82, 2.24) is 0 Å². The standard InChI is InChI=1S/C24H28O4.C2H2O5/c25-17-6-4-16(5-7-17)24(10-2-1-3-11-24)22-8-9-23(26)21(13-19-15-28-19)20(22)12-18-14-27-18;3-1(4)7-2(5)6/h4-9,18-19,25-26H,1-3,10-15H2;(H,3,4)(H,5,6). The fourth-order valence-corrected chi connectivity index (χ4v) is 5.14. The van der Waals surface area contributed by atoms with Crippen LogP contribution in [0.25, 0.3) is 0 Å². The van der Waals surface area contributed by atoms with Crippen LogP contribution in [0.15, 0.2) is 36.4 Å².